The number of piperazine rings is 1. The number of rotatable bonds is 3. The predicted octanol–water partition coefficient (Wildman–Crippen LogP) is 4.19. The van der Waals surface area contributed by atoms with Crippen LogP contribution in [0.2, 0.25) is 10.0 Å². The lowest BCUT2D eigenvalue weighted by atomic mass is 9.99. The van der Waals surface area contributed by atoms with Crippen LogP contribution in [0.5, 0.6) is 0 Å². The first kappa shape index (κ1) is 18.3. The van der Waals surface area contributed by atoms with E-state index in [1.807, 2.05) is 18.2 Å². The highest BCUT2D eigenvalue weighted by Gasteiger charge is 2.38. The van der Waals surface area contributed by atoms with Gasteiger partial charge >= 0.3 is 0 Å². The second-order valence-corrected chi connectivity index (χ2v) is 6.02. The molecule has 0 aromatic heterocycles. The molecule has 2 nitrogen and oxygen atoms in total. The number of hydrogen-bond acceptors (Lipinski definition) is 2. The van der Waals surface area contributed by atoms with E-state index in [1.165, 1.54) is 12.8 Å². The van der Waals surface area contributed by atoms with Crippen molar-refractivity contribution in [2.45, 2.75) is 18.9 Å². The fraction of sp³-hybridized carbons (Fsp3) is 0.571. The van der Waals surface area contributed by atoms with Crippen LogP contribution in [-0.2, 0) is 0 Å². The molecule has 0 spiro atoms. The van der Waals surface area contributed by atoms with Crippen molar-refractivity contribution in [2.75, 3.05) is 26.2 Å². The molecule has 0 bridgehead atoms. The summed E-state index contributed by atoms with van der Waals surface area (Å²) in [6, 6.07) is 6.25. The minimum absolute atomic E-state index is 0. The van der Waals surface area contributed by atoms with E-state index in [0.717, 1.165) is 47.7 Å². The molecule has 1 aromatic carbocycles. The molecule has 2 fully saturated rings. The molecule has 1 heterocycles. The standard InChI is InChI=1S/C14H18Cl2N2.2ClH/c15-11-2-1-3-12(16)13(11)14(10-4-5-10)18-8-6-17-7-9-18;;/h1-3,10,14,17H,4-9H2;2*1H/t14-;;/m0../s1. The Morgan fingerprint density at radius 2 is 1.60 bits per heavy atom. The topological polar surface area (TPSA) is 15.3 Å². The van der Waals surface area contributed by atoms with Gasteiger partial charge < -0.3 is 5.32 Å². The predicted molar refractivity (Wildman–Crippen MR) is 90.9 cm³/mol. The first-order chi connectivity index (χ1) is 8.77. The van der Waals surface area contributed by atoms with Crippen molar-refractivity contribution >= 4 is 48.0 Å². The van der Waals surface area contributed by atoms with Gasteiger partial charge in [-0.15, -0.1) is 24.8 Å². The Balaban J connectivity index is 0.000001000. The number of benzene rings is 1. The van der Waals surface area contributed by atoms with Gasteiger partial charge in [0.15, 0.2) is 0 Å². The molecule has 1 saturated carbocycles. The zero-order valence-electron chi connectivity index (χ0n) is 11.1. The first-order valence-electron chi connectivity index (χ1n) is 6.66. The Morgan fingerprint density at radius 3 is 2.10 bits per heavy atom. The van der Waals surface area contributed by atoms with Gasteiger partial charge in [-0.05, 0) is 30.9 Å². The molecule has 6 heteroatoms. The summed E-state index contributed by atoms with van der Waals surface area (Å²) < 4.78 is 0. The molecule has 3 rings (SSSR count). The van der Waals surface area contributed by atoms with Crippen molar-refractivity contribution in [1.29, 1.82) is 0 Å². The van der Waals surface area contributed by atoms with Crippen LogP contribution in [0.3, 0.4) is 0 Å². The molecule has 114 valence electrons. The minimum Gasteiger partial charge on any atom is -0.314 e. The fourth-order valence-corrected chi connectivity index (χ4v) is 3.50. The molecule has 0 amide bonds. The third-order valence-electron chi connectivity index (χ3n) is 3.91. The molecule has 1 aromatic rings. The summed E-state index contributed by atoms with van der Waals surface area (Å²) in [5.74, 6) is 0.737. The zero-order chi connectivity index (χ0) is 12.5. The molecule has 1 N–H and O–H groups in total. The maximum atomic E-state index is 6.39. The number of nitrogens with zero attached hydrogens (tertiary/aromatic N) is 1. The van der Waals surface area contributed by atoms with Gasteiger partial charge in [0.2, 0.25) is 0 Å². The second kappa shape index (κ2) is 8.07. The lowest BCUT2D eigenvalue weighted by molar-refractivity contribution is 0.156. The van der Waals surface area contributed by atoms with Crippen LogP contribution in [0.1, 0.15) is 24.4 Å². The van der Waals surface area contributed by atoms with E-state index in [0.29, 0.717) is 6.04 Å². The average Bonchev–Trinajstić information content (AvgIpc) is 3.19. The van der Waals surface area contributed by atoms with Gasteiger partial charge in [0, 0.05) is 47.8 Å². The quantitative estimate of drug-likeness (QED) is 0.872. The van der Waals surface area contributed by atoms with Gasteiger partial charge in [-0.3, -0.25) is 4.90 Å². The van der Waals surface area contributed by atoms with Crippen molar-refractivity contribution in [1.82, 2.24) is 10.2 Å². The molecule has 1 aliphatic carbocycles. The van der Waals surface area contributed by atoms with E-state index < -0.39 is 0 Å². The van der Waals surface area contributed by atoms with Crippen molar-refractivity contribution in [2.24, 2.45) is 5.92 Å². The van der Waals surface area contributed by atoms with Gasteiger partial charge in [0.25, 0.3) is 0 Å². The molecule has 1 aliphatic heterocycles. The first-order valence-corrected chi connectivity index (χ1v) is 7.41. The fourth-order valence-electron chi connectivity index (χ4n) is 2.88. The van der Waals surface area contributed by atoms with Crippen LogP contribution in [-0.4, -0.2) is 31.1 Å². The Hall–Kier alpha value is 0.300. The zero-order valence-corrected chi connectivity index (χ0v) is 14.3. The summed E-state index contributed by atoms with van der Waals surface area (Å²) in [6.07, 6.45) is 2.60. The maximum Gasteiger partial charge on any atom is 0.0468 e. The summed E-state index contributed by atoms with van der Waals surface area (Å²) in [6.45, 7) is 4.29. The van der Waals surface area contributed by atoms with Gasteiger partial charge in [0.05, 0.1) is 0 Å². The molecule has 0 radical (unpaired) electrons. The molecule has 2 aliphatic rings. The second-order valence-electron chi connectivity index (χ2n) is 5.20. The molecule has 0 unspecified atom stereocenters. The van der Waals surface area contributed by atoms with E-state index in [2.05, 4.69) is 10.2 Å². The number of hydrogen-bond donors (Lipinski definition) is 1. The van der Waals surface area contributed by atoms with Crippen LogP contribution < -0.4 is 5.32 Å². The Morgan fingerprint density at radius 1 is 1.05 bits per heavy atom. The summed E-state index contributed by atoms with van der Waals surface area (Å²) in [5.41, 5.74) is 1.14. The summed E-state index contributed by atoms with van der Waals surface area (Å²) in [4.78, 5) is 2.54. The Kier molecular flexibility index (Phi) is 7.40. The third kappa shape index (κ3) is 3.94. The Bertz CT molecular complexity index is 411. The van der Waals surface area contributed by atoms with E-state index >= 15 is 0 Å². The molecule has 1 atom stereocenters. The van der Waals surface area contributed by atoms with Crippen molar-refractivity contribution in [3.63, 3.8) is 0 Å². The summed E-state index contributed by atoms with van der Waals surface area (Å²) in [5, 5.41) is 5.04. The van der Waals surface area contributed by atoms with Crippen LogP contribution in [0.25, 0.3) is 0 Å². The molecular formula is C14H20Cl4N2. The maximum absolute atomic E-state index is 6.39. The lowest BCUT2D eigenvalue weighted by Crippen LogP contribution is -2.45. The highest BCUT2D eigenvalue weighted by molar-refractivity contribution is 6.36. The van der Waals surface area contributed by atoms with Crippen LogP contribution in [0.4, 0.5) is 0 Å². The monoisotopic (exact) mass is 356 g/mol. The van der Waals surface area contributed by atoms with Crippen molar-refractivity contribution < 1.29 is 0 Å². The average molecular weight is 358 g/mol. The summed E-state index contributed by atoms with van der Waals surface area (Å²) in [7, 11) is 0. The normalized spacial score (nSPS) is 20.7. The highest BCUT2D eigenvalue weighted by Crippen LogP contribution is 2.48. The van der Waals surface area contributed by atoms with Gasteiger partial charge in [-0.1, -0.05) is 29.3 Å². The molecule has 20 heavy (non-hydrogen) atoms. The van der Waals surface area contributed by atoms with Gasteiger partial charge in [0.1, 0.15) is 0 Å². The van der Waals surface area contributed by atoms with E-state index in [9.17, 15) is 0 Å². The van der Waals surface area contributed by atoms with Crippen LogP contribution in [0.15, 0.2) is 18.2 Å². The number of halogens is 4. The van der Waals surface area contributed by atoms with Crippen LogP contribution >= 0.6 is 48.0 Å². The van der Waals surface area contributed by atoms with Gasteiger partial charge in [-0.25, -0.2) is 0 Å². The molecule has 1 saturated heterocycles. The number of nitrogens with one attached hydrogen (secondary N) is 1. The SMILES string of the molecule is Cl.Cl.Clc1cccc(Cl)c1[C@H](C1CC1)N1CCNCC1. The van der Waals surface area contributed by atoms with E-state index in [-0.39, 0.29) is 24.8 Å². The van der Waals surface area contributed by atoms with Crippen LogP contribution in [0, 0.1) is 5.92 Å². The smallest absolute Gasteiger partial charge is 0.0468 e. The van der Waals surface area contributed by atoms with Crippen molar-refractivity contribution in [3.05, 3.63) is 33.8 Å². The summed E-state index contributed by atoms with van der Waals surface area (Å²) >= 11 is 12.8. The largest absolute Gasteiger partial charge is 0.314 e. The van der Waals surface area contributed by atoms with Crippen molar-refractivity contribution in [3.8, 4) is 0 Å². The third-order valence-corrected chi connectivity index (χ3v) is 4.57. The van der Waals surface area contributed by atoms with E-state index in [1.54, 1.807) is 0 Å². The Labute approximate surface area is 143 Å². The van der Waals surface area contributed by atoms with E-state index in [4.69, 9.17) is 23.2 Å². The van der Waals surface area contributed by atoms with Gasteiger partial charge in [-0.2, -0.15) is 0 Å². The lowest BCUT2D eigenvalue weighted by Gasteiger charge is -2.36. The highest BCUT2D eigenvalue weighted by atomic mass is 35.5. The molecular weight excluding hydrogens is 338 g/mol. The minimum atomic E-state index is 0.